The van der Waals surface area contributed by atoms with Crippen LogP contribution in [0.2, 0.25) is 0 Å². The van der Waals surface area contributed by atoms with E-state index in [0.717, 1.165) is 68.6 Å². The molecule has 9 atom stereocenters. The van der Waals surface area contributed by atoms with Gasteiger partial charge in [0, 0.05) is 19.0 Å². The molecule has 0 aromatic carbocycles. The first-order valence-electron chi connectivity index (χ1n) is 24.3. The summed E-state index contributed by atoms with van der Waals surface area (Å²) in [4.78, 5) is 61.7. The van der Waals surface area contributed by atoms with E-state index in [4.69, 9.17) is 33.7 Å². The lowest BCUT2D eigenvalue weighted by molar-refractivity contribution is -0.161. The lowest BCUT2D eigenvalue weighted by Gasteiger charge is -2.21. The molecule has 4 unspecified atom stereocenters. The van der Waals surface area contributed by atoms with Crippen molar-refractivity contribution in [2.45, 2.75) is 179 Å². The Morgan fingerprint density at radius 1 is 0.754 bits per heavy atom. The summed E-state index contributed by atoms with van der Waals surface area (Å²) in [6.45, 7) is 4.18. The van der Waals surface area contributed by atoms with Crippen LogP contribution in [0, 0.1) is 5.92 Å². The maximum atomic E-state index is 12.8. The maximum absolute atomic E-state index is 12.8. The molecular formula is C48H77N3O16P2. The molecule has 3 rings (SSSR count). The predicted octanol–water partition coefficient (Wildman–Crippen LogP) is 8.40. The fourth-order valence-corrected chi connectivity index (χ4v) is 9.20. The quantitative estimate of drug-likeness (QED) is 0.0137. The van der Waals surface area contributed by atoms with Crippen LogP contribution in [0.15, 0.2) is 77.8 Å². The molecule has 0 bridgehead atoms. The molecule has 2 aliphatic heterocycles. The second-order valence-electron chi connectivity index (χ2n) is 17.5. The molecular weight excluding hydrogens is 936 g/mol. The van der Waals surface area contributed by atoms with Gasteiger partial charge in [0.05, 0.1) is 25.4 Å². The number of hydrogen-bond donors (Lipinski definition) is 5. The Labute approximate surface area is 407 Å². The van der Waals surface area contributed by atoms with E-state index in [-0.39, 0.29) is 18.7 Å². The average Bonchev–Trinajstić information content (AvgIpc) is 3.98. The number of aromatic nitrogens is 2. The van der Waals surface area contributed by atoms with Gasteiger partial charge in [0.15, 0.2) is 12.3 Å². The lowest BCUT2D eigenvalue weighted by atomic mass is 10.0. The number of anilines is 1. The van der Waals surface area contributed by atoms with E-state index in [1.165, 1.54) is 31.7 Å². The molecule has 2 saturated heterocycles. The summed E-state index contributed by atoms with van der Waals surface area (Å²) < 4.78 is 62.2. The van der Waals surface area contributed by atoms with Crippen molar-refractivity contribution in [1.82, 2.24) is 9.55 Å². The number of nitrogen functional groups attached to an aromatic ring is 1. The number of phosphoric ester groups is 2. The first-order valence-corrected chi connectivity index (χ1v) is 27.3. The number of phosphoric acid groups is 2. The maximum Gasteiger partial charge on any atom is 0.481 e. The van der Waals surface area contributed by atoms with E-state index in [0.29, 0.717) is 37.4 Å². The zero-order valence-corrected chi connectivity index (χ0v) is 42.2. The Bertz CT molecular complexity index is 1970. The number of nitrogens with two attached hydrogens (primary N) is 1. The van der Waals surface area contributed by atoms with E-state index in [2.05, 4.69) is 72.6 Å². The van der Waals surface area contributed by atoms with Gasteiger partial charge >= 0.3 is 33.3 Å². The predicted molar refractivity (Wildman–Crippen MR) is 260 cm³/mol. The molecule has 0 amide bonds. The van der Waals surface area contributed by atoms with Crippen molar-refractivity contribution in [1.29, 1.82) is 0 Å². The highest BCUT2D eigenvalue weighted by molar-refractivity contribution is 7.61. The molecule has 0 saturated carbocycles. The van der Waals surface area contributed by atoms with Crippen LogP contribution in [0.1, 0.15) is 143 Å². The molecule has 1 aromatic rings. The van der Waals surface area contributed by atoms with Gasteiger partial charge < -0.3 is 44.7 Å². The Balaban J connectivity index is 1.41. The van der Waals surface area contributed by atoms with Crippen LogP contribution >= 0.6 is 15.6 Å². The third-order valence-corrected chi connectivity index (χ3v) is 13.6. The van der Waals surface area contributed by atoms with Crippen molar-refractivity contribution in [3.63, 3.8) is 0 Å². The summed E-state index contributed by atoms with van der Waals surface area (Å²) in [5, 5.41) is 20.9. The van der Waals surface area contributed by atoms with Gasteiger partial charge in [-0.15, -0.1) is 0 Å². The minimum Gasteiger partial charge on any atom is -0.462 e. The Morgan fingerprint density at radius 3 is 1.96 bits per heavy atom. The normalized spacial score (nSPS) is 22.9. The van der Waals surface area contributed by atoms with Crippen LogP contribution in [0.5, 0.6) is 0 Å². The van der Waals surface area contributed by atoms with Crippen LogP contribution in [0.4, 0.5) is 5.82 Å². The first kappa shape index (κ1) is 59.7. The molecule has 2 aliphatic rings. The monoisotopic (exact) mass is 1010 g/mol. The fourth-order valence-electron chi connectivity index (χ4n) is 7.09. The van der Waals surface area contributed by atoms with Gasteiger partial charge in [0.2, 0.25) is 0 Å². The number of aliphatic hydroxyl groups excluding tert-OH is 2. The summed E-state index contributed by atoms with van der Waals surface area (Å²) in [5.74, 6) is -0.706. The Hall–Kier alpha value is -3.58. The third-order valence-electron chi connectivity index (χ3n) is 11.0. The molecule has 1 aromatic heterocycles. The minimum atomic E-state index is -5.44. The highest BCUT2D eigenvalue weighted by Crippen LogP contribution is 2.60. The van der Waals surface area contributed by atoms with Crippen molar-refractivity contribution >= 4 is 33.4 Å². The van der Waals surface area contributed by atoms with E-state index in [1.807, 2.05) is 18.2 Å². The molecule has 69 heavy (non-hydrogen) atoms. The fraction of sp³-hybridized carbons (Fsp3) is 0.667. The van der Waals surface area contributed by atoms with E-state index < -0.39 is 83.7 Å². The largest absolute Gasteiger partial charge is 0.481 e. The number of epoxide rings is 1. The number of carbonyl (C=O) groups is 2. The molecule has 0 aliphatic carbocycles. The number of ether oxygens (including phenoxy) is 4. The summed E-state index contributed by atoms with van der Waals surface area (Å²) in [5.41, 5.74) is 4.58. The number of hydrogen-bond acceptors (Lipinski definition) is 16. The molecule has 6 N–H and O–H groups in total. The van der Waals surface area contributed by atoms with E-state index in [9.17, 15) is 43.5 Å². The van der Waals surface area contributed by atoms with E-state index in [1.54, 1.807) is 0 Å². The summed E-state index contributed by atoms with van der Waals surface area (Å²) in [6.07, 6.45) is 29.7. The average molecular weight is 1010 g/mol. The summed E-state index contributed by atoms with van der Waals surface area (Å²) >= 11 is 0. The lowest BCUT2D eigenvalue weighted by Crippen LogP contribution is -2.36. The number of allylic oxidation sites excluding steroid dienone is 8. The third kappa shape index (κ3) is 26.4. The van der Waals surface area contributed by atoms with Crippen LogP contribution in [-0.4, -0.2) is 97.9 Å². The molecule has 2 fully saturated rings. The van der Waals surface area contributed by atoms with Crippen molar-refractivity contribution in [2.24, 2.45) is 5.92 Å². The minimum absolute atomic E-state index is 0.00340. The van der Waals surface area contributed by atoms with Gasteiger partial charge in [-0.2, -0.15) is 9.29 Å². The van der Waals surface area contributed by atoms with Gasteiger partial charge in [-0.25, -0.2) is 13.9 Å². The highest BCUT2D eigenvalue weighted by Gasteiger charge is 2.46. The topological polar surface area (TPSA) is 278 Å². The number of carbonyl (C=O) groups excluding carboxylic acids is 2. The number of aliphatic hydroxyl groups is 2. The Kier molecular flexibility index (Phi) is 28.7. The number of unbranched alkanes of at least 4 members (excludes halogenated alkanes) is 7. The molecule has 0 spiro atoms. The standard InChI is InChI=1S/C48H77N3O16P2/c1-4-5-22-28-39-40(65-39)29-24-19-15-10-8-6-7-9-11-16-20-25-30-43(52)61-34-38(64-44(53)31-26-21-17-13-12-14-18-23-27-37(2)3)35-62-68(57,58)67-69(59,60)63-36-41-45(54)46(55)47(66-41)51-33-32-42(49)50-48(51)56/h5,7-10,16,19-20,22,24,32-33,37-41,45-47,54-55H,4,6,11-15,17-18,21,23,25-31,34-36H2,1-3H3,(H,57,58)(H,59,60)(H2,49,50,56)/b9-7-,10-8-,20-16-,22-5-,24-19-/t38-,39?,40?,41-,45-,46-,47-/m1/s1. The SMILES string of the molecule is CC/C=C\CC1OC1C/C=C\C/C=C\C/C=C\C/C=C\CCC(=O)OC[C@H](COP(=O)(O)OP(=O)(O)OC[C@H]1O[C@@H](n2ccc(N)nc2=O)[C@H](O)[C@@H]1O)OC(=O)CCCCCCCCCCC(C)C. The molecule has 19 nitrogen and oxygen atoms in total. The van der Waals surface area contributed by atoms with Crippen molar-refractivity contribution in [3.8, 4) is 0 Å². The second-order valence-corrected chi connectivity index (χ2v) is 20.5. The van der Waals surface area contributed by atoms with Crippen LogP contribution < -0.4 is 11.4 Å². The molecule has 21 heteroatoms. The van der Waals surface area contributed by atoms with Crippen molar-refractivity contribution < 1.29 is 71.0 Å². The zero-order valence-electron chi connectivity index (χ0n) is 40.5. The smallest absolute Gasteiger partial charge is 0.462 e. The molecule has 390 valence electrons. The van der Waals surface area contributed by atoms with Crippen molar-refractivity contribution in [3.05, 3.63) is 83.5 Å². The molecule has 3 heterocycles. The van der Waals surface area contributed by atoms with Gasteiger partial charge in [-0.1, -0.05) is 133 Å². The van der Waals surface area contributed by atoms with Crippen LogP contribution in [-0.2, 0) is 51.0 Å². The number of esters is 2. The van der Waals surface area contributed by atoms with Crippen molar-refractivity contribution in [2.75, 3.05) is 25.6 Å². The van der Waals surface area contributed by atoms with Crippen LogP contribution in [0.25, 0.3) is 0 Å². The highest BCUT2D eigenvalue weighted by atomic mass is 31.3. The molecule has 0 radical (unpaired) electrons. The summed E-state index contributed by atoms with van der Waals surface area (Å²) in [7, 11) is -10.9. The first-order chi connectivity index (χ1) is 33.0. The van der Waals surface area contributed by atoms with Gasteiger partial charge in [-0.3, -0.25) is 23.2 Å². The number of nitrogens with zero attached hydrogens (tertiary/aromatic N) is 2. The van der Waals surface area contributed by atoms with E-state index >= 15 is 0 Å². The summed E-state index contributed by atoms with van der Waals surface area (Å²) in [6, 6.07) is 1.24. The zero-order chi connectivity index (χ0) is 50.5. The van der Waals surface area contributed by atoms with Gasteiger partial charge in [0.1, 0.15) is 30.7 Å². The van der Waals surface area contributed by atoms with Gasteiger partial charge in [0.25, 0.3) is 0 Å². The Morgan fingerprint density at radius 2 is 1.33 bits per heavy atom. The van der Waals surface area contributed by atoms with Gasteiger partial charge in [-0.05, 0) is 63.4 Å². The van der Waals surface area contributed by atoms with Crippen LogP contribution in [0.3, 0.4) is 0 Å². The number of rotatable bonds is 37. The second kappa shape index (κ2) is 33.1.